The molecule has 1 aromatic rings. The molecule has 0 N–H and O–H groups in total. The largest absolute Gasteiger partial charge is 0.243 e. The van der Waals surface area contributed by atoms with Gasteiger partial charge in [-0.25, -0.2) is 8.42 Å². The predicted octanol–water partition coefficient (Wildman–Crippen LogP) is 5.04. The number of allylic oxidation sites excluding steroid dienone is 1. The lowest BCUT2D eigenvalue weighted by Crippen LogP contribution is -2.50. The molecule has 6 heteroatoms. The Morgan fingerprint density at radius 1 is 1.14 bits per heavy atom. The van der Waals surface area contributed by atoms with Crippen LogP contribution in [-0.4, -0.2) is 32.9 Å². The van der Waals surface area contributed by atoms with Gasteiger partial charge in [0, 0.05) is 11.7 Å². The smallest absolute Gasteiger partial charge is 0.207 e. The molecule has 1 unspecified atom stereocenters. The van der Waals surface area contributed by atoms with E-state index in [9.17, 15) is 13.7 Å². The normalized spacial score (nSPS) is 24.9. The maximum absolute atomic E-state index is 13.7. The van der Waals surface area contributed by atoms with Gasteiger partial charge in [-0.2, -0.15) is 9.57 Å². The Labute approximate surface area is 171 Å². The van der Waals surface area contributed by atoms with E-state index in [1.165, 1.54) is 0 Å². The zero-order valence-electron chi connectivity index (χ0n) is 17.7. The van der Waals surface area contributed by atoms with Crippen LogP contribution in [0.5, 0.6) is 0 Å². The Hall–Kier alpha value is -1.42. The number of hydrogen-bond acceptors (Lipinski definition) is 3. The van der Waals surface area contributed by atoms with Gasteiger partial charge < -0.3 is 0 Å². The molecule has 0 bridgehead atoms. The minimum absolute atomic E-state index is 0.0831. The van der Waals surface area contributed by atoms with Crippen molar-refractivity contribution in [3.63, 3.8) is 0 Å². The van der Waals surface area contributed by atoms with Crippen LogP contribution >= 0.6 is 0 Å². The third-order valence-electron chi connectivity index (χ3n) is 6.33. The van der Waals surface area contributed by atoms with Gasteiger partial charge in [-0.1, -0.05) is 63.5 Å². The van der Waals surface area contributed by atoms with Crippen LogP contribution in [-0.2, 0) is 10.0 Å². The Bertz CT molecular complexity index is 915. The summed E-state index contributed by atoms with van der Waals surface area (Å²) < 4.78 is 29.2. The molecule has 1 aliphatic heterocycles. The molecule has 1 atom stereocenters. The summed E-state index contributed by atoms with van der Waals surface area (Å²) in [5.41, 5.74) is 1.66. The Morgan fingerprint density at radius 2 is 1.71 bits per heavy atom. The van der Waals surface area contributed by atoms with E-state index in [0.29, 0.717) is 11.4 Å². The summed E-state index contributed by atoms with van der Waals surface area (Å²) in [4.78, 5) is 0.364. The molecule has 1 aromatic carbocycles. The standard InChI is InChI=1S/C22H32N2O2SSi/c1-17-9-11-19(12-10-17)27(25,26)24-16-18(2)21(20(15-23)28(3,4)5)22(24)13-7-6-8-14-22/h9-12,18H,6-8,13-14,16H2,1-5H3/b21-20-. The monoisotopic (exact) mass is 416 g/mol. The van der Waals surface area contributed by atoms with Crippen LogP contribution in [0, 0.1) is 24.2 Å². The molecule has 1 saturated heterocycles. The Balaban J connectivity index is 2.22. The third kappa shape index (κ3) is 3.49. The minimum Gasteiger partial charge on any atom is -0.207 e. The molecule has 0 radical (unpaired) electrons. The highest BCUT2D eigenvalue weighted by molar-refractivity contribution is 7.89. The van der Waals surface area contributed by atoms with Crippen molar-refractivity contribution in [2.24, 2.45) is 5.92 Å². The van der Waals surface area contributed by atoms with Gasteiger partial charge in [0.2, 0.25) is 10.0 Å². The molecule has 1 aliphatic carbocycles. The van der Waals surface area contributed by atoms with Crippen LogP contribution in [0.2, 0.25) is 19.6 Å². The number of benzene rings is 1. The number of sulfonamides is 1. The summed E-state index contributed by atoms with van der Waals surface area (Å²) in [6, 6.07) is 9.69. The van der Waals surface area contributed by atoms with E-state index in [1.54, 1.807) is 16.4 Å². The molecule has 4 nitrogen and oxygen atoms in total. The van der Waals surface area contributed by atoms with E-state index in [1.807, 2.05) is 19.1 Å². The summed E-state index contributed by atoms with van der Waals surface area (Å²) in [6.07, 6.45) is 4.82. The van der Waals surface area contributed by atoms with Crippen LogP contribution in [0.4, 0.5) is 0 Å². The molecule has 1 spiro atoms. The van der Waals surface area contributed by atoms with Crippen LogP contribution in [0.1, 0.15) is 44.6 Å². The first-order valence-corrected chi connectivity index (χ1v) is 15.2. The molecule has 152 valence electrons. The predicted molar refractivity (Wildman–Crippen MR) is 116 cm³/mol. The average molecular weight is 417 g/mol. The van der Waals surface area contributed by atoms with E-state index < -0.39 is 23.6 Å². The fourth-order valence-electron chi connectivity index (χ4n) is 5.04. The molecular weight excluding hydrogens is 384 g/mol. The van der Waals surface area contributed by atoms with Crippen LogP contribution in [0.3, 0.4) is 0 Å². The highest BCUT2D eigenvalue weighted by Gasteiger charge is 2.55. The van der Waals surface area contributed by atoms with Crippen molar-refractivity contribution in [1.29, 1.82) is 5.26 Å². The molecule has 2 fully saturated rings. The van der Waals surface area contributed by atoms with E-state index in [2.05, 4.69) is 32.6 Å². The first-order valence-electron chi connectivity index (χ1n) is 10.3. The van der Waals surface area contributed by atoms with Crippen molar-refractivity contribution in [2.75, 3.05) is 6.54 Å². The average Bonchev–Trinajstić information content (AvgIpc) is 2.89. The van der Waals surface area contributed by atoms with Gasteiger partial charge in [-0.15, -0.1) is 0 Å². The molecule has 1 saturated carbocycles. The van der Waals surface area contributed by atoms with Crippen molar-refractivity contribution in [3.05, 3.63) is 40.6 Å². The van der Waals surface area contributed by atoms with Gasteiger partial charge in [0.1, 0.15) is 0 Å². The van der Waals surface area contributed by atoms with Crippen molar-refractivity contribution >= 4 is 18.1 Å². The van der Waals surface area contributed by atoms with E-state index in [-0.39, 0.29) is 5.92 Å². The second-order valence-electron chi connectivity index (χ2n) is 9.49. The van der Waals surface area contributed by atoms with Crippen molar-refractivity contribution in [3.8, 4) is 6.07 Å². The highest BCUT2D eigenvalue weighted by Crippen LogP contribution is 2.51. The van der Waals surface area contributed by atoms with Crippen LogP contribution in [0.15, 0.2) is 39.9 Å². The Morgan fingerprint density at radius 3 is 2.21 bits per heavy atom. The molecular formula is C22H32N2O2SSi. The molecule has 28 heavy (non-hydrogen) atoms. The molecule has 3 rings (SSSR count). The van der Waals surface area contributed by atoms with Crippen LogP contribution < -0.4 is 0 Å². The number of nitrogens with zero attached hydrogens (tertiary/aromatic N) is 2. The topological polar surface area (TPSA) is 61.2 Å². The number of aryl methyl sites for hydroxylation is 1. The Kier molecular flexibility index (Phi) is 5.65. The summed E-state index contributed by atoms with van der Waals surface area (Å²) in [6.45, 7) is 11.1. The summed E-state index contributed by atoms with van der Waals surface area (Å²) in [5, 5.41) is 11.0. The SMILES string of the molecule is Cc1ccc(S(=O)(=O)N2CC(C)/C(=C(\C#N)[Si](C)(C)C)C23CCCCC3)cc1. The summed E-state index contributed by atoms with van der Waals surface area (Å²) in [7, 11) is -5.49. The fraction of sp³-hybridized carbons (Fsp3) is 0.591. The lowest BCUT2D eigenvalue weighted by atomic mass is 9.75. The van der Waals surface area contributed by atoms with Gasteiger partial charge in [-0.05, 0) is 43.4 Å². The van der Waals surface area contributed by atoms with Crippen molar-refractivity contribution in [1.82, 2.24) is 4.31 Å². The maximum atomic E-state index is 13.7. The molecule has 2 aliphatic rings. The van der Waals surface area contributed by atoms with E-state index in [0.717, 1.165) is 48.4 Å². The van der Waals surface area contributed by atoms with Crippen molar-refractivity contribution in [2.45, 2.75) is 76.0 Å². The fourth-order valence-corrected chi connectivity index (χ4v) is 8.56. The quantitative estimate of drug-likeness (QED) is 0.512. The number of nitriles is 1. The lowest BCUT2D eigenvalue weighted by Gasteiger charge is -2.43. The highest BCUT2D eigenvalue weighted by atomic mass is 32.2. The van der Waals surface area contributed by atoms with Crippen molar-refractivity contribution < 1.29 is 8.42 Å². The van der Waals surface area contributed by atoms with Gasteiger partial charge in [0.25, 0.3) is 0 Å². The first-order chi connectivity index (χ1) is 13.0. The van der Waals surface area contributed by atoms with E-state index in [4.69, 9.17) is 0 Å². The van der Waals surface area contributed by atoms with Gasteiger partial charge in [0.05, 0.1) is 24.6 Å². The zero-order chi connectivity index (χ0) is 20.7. The zero-order valence-corrected chi connectivity index (χ0v) is 19.6. The van der Waals surface area contributed by atoms with Crippen LogP contribution in [0.25, 0.3) is 0 Å². The summed E-state index contributed by atoms with van der Waals surface area (Å²) in [5.74, 6) is 0.0831. The summed E-state index contributed by atoms with van der Waals surface area (Å²) >= 11 is 0. The van der Waals surface area contributed by atoms with Gasteiger partial charge in [-0.3, -0.25) is 0 Å². The second-order valence-corrected chi connectivity index (χ2v) is 16.4. The lowest BCUT2D eigenvalue weighted by molar-refractivity contribution is 0.203. The minimum atomic E-state index is -3.61. The molecule has 0 amide bonds. The first kappa shape index (κ1) is 21.3. The number of rotatable bonds is 3. The van der Waals surface area contributed by atoms with E-state index >= 15 is 0 Å². The van der Waals surface area contributed by atoms with Gasteiger partial charge >= 0.3 is 0 Å². The second kappa shape index (κ2) is 7.44. The van der Waals surface area contributed by atoms with Gasteiger partial charge in [0.15, 0.2) is 0 Å². The maximum Gasteiger partial charge on any atom is 0.243 e. The molecule has 1 heterocycles. The third-order valence-corrected chi connectivity index (χ3v) is 10.2. The number of hydrogen-bond donors (Lipinski definition) is 0. The molecule has 0 aromatic heterocycles.